The molecule has 162 valence electrons. The fourth-order valence-corrected chi connectivity index (χ4v) is 3.97. The van der Waals surface area contributed by atoms with Gasteiger partial charge in [-0.2, -0.15) is 5.10 Å². The molecule has 0 fully saturated rings. The summed E-state index contributed by atoms with van der Waals surface area (Å²) in [5, 5.41) is 7.42. The first-order valence-corrected chi connectivity index (χ1v) is 9.85. The Morgan fingerprint density at radius 3 is 2.42 bits per heavy atom. The second-order valence-electron chi connectivity index (χ2n) is 7.10. The lowest BCUT2D eigenvalue weighted by molar-refractivity contribution is -0.113. The van der Waals surface area contributed by atoms with Crippen molar-refractivity contribution in [3.8, 4) is 22.8 Å². The Kier molecular flexibility index (Phi) is 5.92. The highest BCUT2D eigenvalue weighted by molar-refractivity contribution is 6.00. The van der Waals surface area contributed by atoms with Gasteiger partial charge in [0.05, 0.1) is 32.5 Å². The number of methoxy groups -OCH3 is 4. The van der Waals surface area contributed by atoms with Crippen LogP contribution < -0.4 is 9.47 Å². The Morgan fingerprint density at radius 1 is 1.03 bits per heavy atom. The molecule has 8 heteroatoms. The van der Waals surface area contributed by atoms with E-state index >= 15 is 0 Å². The number of ether oxygens (including phenoxy) is 4. The van der Waals surface area contributed by atoms with E-state index in [1.54, 1.807) is 33.3 Å². The van der Waals surface area contributed by atoms with Gasteiger partial charge in [0.15, 0.2) is 6.29 Å². The Balaban J connectivity index is 1.89. The first kappa shape index (κ1) is 20.9. The van der Waals surface area contributed by atoms with E-state index < -0.39 is 12.3 Å². The molecule has 3 aromatic rings. The summed E-state index contributed by atoms with van der Waals surface area (Å²) in [5.74, 6) is 1.10. The lowest BCUT2D eigenvalue weighted by Crippen LogP contribution is -2.38. The number of carbonyl (C=O) groups excluding carboxylic acids is 1. The van der Waals surface area contributed by atoms with Gasteiger partial charge in [-0.15, -0.1) is 0 Å². The zero-order valence-electron chi connectivity index (χ0n) is 17.9. The number of aromatic nitrogens is 2. The van der Waals surface area contributed by atoms with Crippen LogP contribution in [0, 0.1) is 0 Å². The second kappa shape index (κ2) is 8.79. The second-order valence-corrected chi connectivity index (χ2v) is 7.10. The summed E-state index contributed by atoms with van der Waals surface area (Å²) in [6, 6.07) is 14.9. The van der Waals surface area contributed by atoms with Gasteiger partial charge >= 0.3 is 0 Å². The highest BCUT2D eigenvalue weighted by Gasteiger charge is 2.44. The summed E-state index contributed by atoms with van der Waals surface area (Å²) < 4.78 is 21.8. The molecular weight excluding hydrogens is 398 g/mol. The molecule has 1 aromatic heterocycles. The van der Waals surface area contributed by atoms with Gasteiger partial charge in [0.25, 0.3) is 5.91 Å². The summed E-state index contributed by atoms with van der Waals surface area (Å²) in [5.41, 5.74) is 3.71. The van der Waals surface area contributed by atoms with E-state index in [0.717, 1.165) is 22.4 Å². The number of nitrogens with one attached hydrogen (secondary N) is 1. The van der Waals surface area contributed by atoms with E-state index in [-0.39, 0.29) is 12.5 Å². The van der Waals surface area contributed by atoms with Crippen LogP contribution in [0.25, 0.3) is 11.3 Å². The highest BCUT2D eigenvalue weighted by Crippen LogP contribution is 2.46. The monoisotopic (exact) mass is 423 g/mol. The van der Waals surface area contributed by atoms with E-state index in [2.05, 4.69) is 10.2 Å². The van der Waals surface area contributed by atoms with Crippen molar-refractivity contribution in [3.05, 3.63) is 65.4 Å². The van der Waals surface area contributed by atoms with Crippen molar-refractivity contribution in [3.63, 3.8) is 0 Å². The number of H-pyrrole nitrogens is 1. The molecule has 0 saturated carbocycles. The van der Waals surface area contributed by atoms with Crippen molar-refractivity contribution in [2.45, 2.75) is 12.3 Å². The number of hydrogen-bond donors (Lipinski definition) is 1. The predicted octanol–water partition coefficient (Wildman–Crippen LogP) is 3.26. The maximum Gasteiger partial charge on any atom is 0.273 e. The largest absolute Gasteiger partial charge is 0.497 e. The molecule has 2 aromatic carbocycles. The summed E-state index contributed by atoms with van der Waals surface area (Å²) >= 11 is 0. The Hall–Kier alpha value is -3.36. The van der Waals surface area contributed by atoms with Crippen molar-refractivity contribution >= 4 is 5.91 Å². The highest BCUT2D eigenvalue weighted by atomic mass is 16.7. The number of hydrogen-bond acceptors (Lipinski definition) is 6. The van der Waals surface area contributed by atoms with Gasteiger partial charge in [0.1, 0.15) is 17.2 Å². The maximum absolute atomic E-state index is 13.4. The molecule has 31 heavy (non-hydrogen) atoms. The number of benzene rings is 2. The van der Waals surface area contributed by atoms with Crippen molar-refractivity contribution in [1.29, 1.82) is 0 Å². The first-order valence-electron chi connectivity index (χ1n) is 9.85. The number of amides is 1. The molecular formula is C23H25N3O5. The topological polar surface area (TPSA) is 85.9 Å². The van der Waals surface area contributed by atoms with E-state index in [4.69, 9.17) is 18.9 Å². The zero-order valence-corrected chi connectivity index (χ0v) is 17.9. The minimum Gasteiger partial charge on any atom is -0.497 e. The van der Waals surface area contributed by atoms with Crippen LogP contribution in [0.15, 0.2) is 48.5 Å². The summed E-state index contributed by atoms with van der Waals surface area (Å²) in [6.07, 6.45) is -0.576. The molecule has 0 saturated heterocycles. The minimum atomic E-state index is -0.576. The molecule has 1 aliphatic rings. The lowest BCUT2D eigenvalue weighted by atomic mass is 9.95. The van der Waals surface area contributed by atoms with Gasteiger partial charge in [-0.25, -0.2) is 0 Å². The molecule has 0 radical (unpaired) electrons. The van der Waals surface area contributed by atoms with Gasteiger partial charge in [0.2, 0.25) is 0 Å². The zero-order chi connectivity index (χ0) is 22.0. The van der Waals surface area contributed by atoms with Crippen LogP contribution in [-0.4, -0.2) is 62.3 Å². The molecule has 4 rings (SSSR count). The molecule has 1 N–H and O–H groups in total. The van der Waals surface area contributed by atoms with Crippen molar-refractivity contribution in [2.75, 3.05) is 35.0 Å². The quantitative estimate of drug-likeness (QED) is 0.560. The van der Waals surface area contributed by atoms with Gasteiger partial charge in [-0.1, -0.05) is 30.3 Å². The van der Waals surface area contributed by atoms with Crippen LogP contribution in [-0.2, 0) is 9.47 Å². The Bertz CT molecular complexity index is 1060. The van der Waals surface area contributed by atoms with Crippen LogP contribution in [0.1, 0.15) is 27.7 Å². The van der Waals surface area contributed by atoms with Gasteiger partial charge in [-0.05, 0) is 12.1 Å². The van der Waals surface area contributed by atoms with E-state index in [0.29, 0.717) is 17.2 Å². The Labute approximate surface area is 180 Å². The van der Waals surface area contributed by atoms with Crippen LogP contribution in [0.2, 0.25) is 0 Å². The number of nitrogens with zero attached hydrogens (tertiary/aromatic N) is 2. The van der Waals surface area contributed by atoms with Gasteiger partial charge < -0.3 is 23.8 Å². The molecule has 0 aliphatic carbocycles. The van der Waals surface area contributed by atoms with E-state index in [1.165, 1.54) is 0 Å². The average Bonchev–Trinajstić information content (AvgIpc) is 3.36. The Morgan fingerprint density at radius 2 is 1.77 bits per heavy atom. The third-order valence-electron chi connectivity index (χ3n) is 5.52. The number of carbonyl (C=O) groups is 1. The first-order chi connectivity index (χ1) is 15.1. The third-order valence-corrected chi connectivity index (χ3v) is 5.52. The third kappa shape index (κ3) is 3.64. The lowest BCUT2D eigenvalue weighted by Gasteiger charge is -2.30. The molecule has 0 bridgehead atoms. The van der Waals surface area contributed by atoms with Gasteiger partial charge in [-0.3, -0.25) is 9.89 Å². The van der Waals surface area contributed by atoms with Crippen molar-refractivity contribution in [2.24, 2.45) is 0 Å². The molecule has 1 atom stereocenters. The molecule has 0 spiro atoms. The fourth-order valence-electron chi connectivity index (χ4n) is 3.97. The van der Waals surface area contributed by atoms with E-state index in [9.17, 15) is 4.79 Å². The molecule has 1 amide bonds. The molecule has 8 nitrogen and oxygen atoms in total. The van der Waals surface area contributed by atoms with Crippen LogP contribution in [0.3, 0.4) is 0 Å². The molecule has 2 heterocycles. The summed E-state index contributed by atoms with van der Waals surface area (Å²) in [7, 11) is 6.30. The van der Waals surface area contributed by atoms with Crippen molar-refractivity contribution < 1.29 is 23.7 Å². The normalized spacial score (nSPS) is 15.5. The average molecular weight is 423 g/mol. The number of aromatic amines is 1. The molecule has 1 unspecified atom stereocenters. The van der Waals surface area contributed by atoms with Crippen LogP contribution in [0.5, 0.6) is 11.5 Å². The predicted molar refractivity (Wildman–Crippen MR) is 114 cm³/mol. The maximum atomic E-state index is 13.4. The van der Waals surface area contributed by atoms with Gasteiger partial charge in [0, 0.05) is 37.0 Å². The smallest absolute Gasteiger partial charge is 0.273 e. The summed E-state index contributed by atoms with van der Waals surface area (Å²) in [4.78, 5) is 15.1. The molecule has 1 aliphatic heterocycles. The van der Waals surface area contributed by atoms with Crippen LogP contribution in [0.4, 0.5) is 0 Å². The van der Waals surface area contributed by atoms with Crippen LogP contribution >= 0.6 is 0 Å². The van der Waals surface area contributed by atoms with E-state index in [1.807, 2.05) is 48.5 Å². The minimum absolute atomic E-state index is 0.174. The SMILES string of the molecule is COc1ccc(C2c3c(-c4ccccc4)n[nH]c3C(=O)N2CC(OC)OC)c(OC)c1. The number of rotatable bonds is 8. The summed E-state index contributed by atoms with van der Waals surface area (Å²) in [6.45, 7) is 0.239. The standard InChI is InChI=1S/C23H25N3O5/c1-28-15-10-11-16(17(12-15)29-2)22-19-20(14-8-6-5-7-9-14)24-25-21(19)23(27)26(22)13-18(30-3)31-4/h5-12,18,22H,13H2,1-4H3,(H,24,25). The number of fused-ring (bicyclic) bond motifs is 1. The fraction of sp³-hybridized carbons (Fsp3) is 0.304. The van der Waals surface area contributed by atoms with Crippen molar-refractivity contribution in [1.82, 2.24) is 15.1 Å².